The van der Waals surface area contributed by atoms with E-state index in [4.69, 9.17) is 23.2 Å². The third-order valence-corrected chi connectivity index (χ3v) is 7.22. The molecule has 0 aliphatic carbocycles. The van der Waals surface area contributed by atoms with Gasteiger partial charge in [0.1, 0.15) is 6.54 Å². The number of hydrogen-bond acceptors (Lipinski definition) is 5. The molecule has 1 heterocycles. The summed E-state index contributed by atoms with van der Waals surface area (Å²) >= 11 is 11.9. The van der Waals surface area contributed by atoms with Crippen molar-refractivity contribution in [1.82, 2.24) is 10.2 Å². The number of carbonyl (C=O) groups is 2. The van der Waals surface area contributed by atoms with Crippen molar-refractivity contribution in [2.24, 2.45) is 0 Å². The molecule has 2 N–H and O–H groups in total. The number of carboxylic acids is 1. The van der Waals surface area contributed by atoms with E-state index in [1.54, 1.807) is 17.0 Å². The highest BCUT2D eigenvalue weighted by Crippen LogP contribution is 2.34. The fraction of sp³-hybridized carbons (Fsp3) is 0.333. The molecule has 2 aromatic carbocycles. The van der Waals surface area contributed by atoms with Crippen molar-refractivity contribution in [3.8, 4) is 0 Å². The maximum atomic E-state index is 13.3. The van der Waals surface area contributed by atoms with Crippen LogP contribution in [-0.2, 0) is 21.2 Å². The van der Waals surface area contributed by atoms with Gasteiger partial charge in [-0.25, -0.2) is 13.2 Å². The topological polar surface area (TPSA) is 110 Å². The number of amides is 2. The first kappa shape index (κ1) is 25.1. The summed E-state index contributed by atoms with van der Waals surface area (Å²) in [6.07, 6.45) is 0.508. The molecule has 0 saturated carbocycles. The van der Waals surface area contributed by atoms with Crippen molar-refractivity contribution in [2.75, 3.05) is 49.5 Å². The van der Waals surface area contributed by atoms with E-state index in [1.165, 1.54) is 24.3 Å². The maximum Gasteiger partial charge on any atom is 0.324 e. The van der Waals surface area contributed by atoms with E-state index in [0.29, 0.717) is 31.7 Å². The van der Waals surface area contributed by atoms with E-state index < -0.39 is 22.5 Å². The third kappa shape index (κ3) is 5.89. The third-order valence-electron chi connectivity index (χ3n) is 5.03. The molecule has 12 heteroatoms. The van der Waals surface area contributed by atoms with Gasteiger partial charge in [0.2, 0.25) is 0 Å². The number of nitrogens with one attached hydrogen (secondary N) is 1. The first-order valence-electron chi connectivity index (χ1n) is 10.0. The van der Waals surface area contributed by atoms with E-state index in [0.717, 1.165) is 9.87 Å². The van der Waals surface area contributed by atoms with E-state index in [1.807, 2.05) is 19.0 Å². The minimum absolute atomic E-state index is 0.112. The minimum atomic E-state index is -4.28. The van der Waals surface area contributed by atoms with Gasteiger partial charge in [0.15, 0.2) is 0 Å². The Morgan fingerprint density at radius 2 is 1.79 bits per heavy atom. The highest BCUT2D eigenvalue weighted by molar-refractivity contribution is 7.92. The predicted octanol–water partition coefficient (Wildman–Crippen LogP) is 2.91. The molecule has 0 bridgehead atoms. The highest BCUT2D eigenvalue weighted by atomic mass is 35.5. The van der Waals surface area contributed by atoms with Gasteiger partial charge < -0.3 is 15.3 Å². The Balaban J connectivity index is 1.91. The number of fused-ring (bicyclic) bond motifs is 1. The number of benzene rings is 2. The van der Waals surface area contributed by atoms with Crippen molar-refractivity contribution in [3.63, 3.8) is 0 Å². The Morgan fingerprint density at radius 1 is 1.12 bits per heavy atom. The summed E-state index contributed by atoms with van der Waals surface area (Å²) in [5, 5.41) is 12.4. The van der Waals surface area contributed by atoms with Crippen molar-refractivity contribution < 1.29 is 23.1 Å². The molecule has 0 atom stereocenters. The predicted molar refractivity (Wildman–Crippen MR) is 128 cm³/mol. The average Bonchev–Trinajstić information content (AvgIpc) is 3.14. The normalized spacial score (nSPS) is 13.2. The van der Waals surface area contributed by atoms with E-state index >= 15 is 0 Å². The van der Waals surface area contributed by atoms with Gasteiger partial charge in [-0.2, -0.15) is 0 Å². The van der Waals surface area contributed by atoms with Crippen molar-refractivity contribution >= 4 is 56.6 Å². The van der Waals surface area contributed by atoms with Crippen LogP contribution < -0.4 is 14.5 Å². The van der Waals surface area contributed by atoms with Crippen LogP contribution in [0.15, 0.2) is 41.3 Å². The molecule has 0 saturated heterocycles. The van der Waals surface area contributed by atoms with E-state index in [9.17, 15) is 23.1 Å². The number of carboxylic acid groups (broad SMARTS) is 1. The Morgan fingerprint density at radius 3 is 2.39 bits per heavy atom. The summed E-state index contributed by atoms with van der Waals surface area (Å²) in [7, 11) is -0.456. The maximum absolute atomic E-state index is 13.3. The lowest BCUT2D eigenvalue weighted by atomic mass is 10.1. The summed E-state index contributed by atoms with van der Waals surface area (Å²) < 4.78 is 27.4. The van der Waals surface area contributed by atoms with Gasteiger partial charge in [-0.1, -0.05) is 23.2 Å². The smallest absolute Gasteiger partial charge is 0.324 e. The fourth-order valence-corrected chi connectivity index (χ4v) is 5.61. The number of hydrogen-bond donors (Lipinski definition) is 2. The molecular weight excluding hydrogens is 491 g/mol. The molecule has 2 aromatic rings. The molecule has 33 heavy (non-hydrogen) atoms. The minimum Gasteiger partial charge on any atom is -0.480 e. The summed E-state index contributed by atoms with van der Waals surface area (Å²) in [4.78, 5) is 27.4. The molecular formula is C21H24Cl2N4O5S. The largest absolute Gasteiger partial charge is 0.480 e. The highest BCUT2D eigenvalue weighted by Gasteiger charge is 2.30. The number of halogens is 2. The Kier molecular flexibility index (Phi) is 7.73. The second kappa shape index (κ2) is 10.2. The van der Waals surface area contributed by atoms with Crippen LogP contribution in [-0.4, -0.2) is 70.7 Å². The second-order valence-corrected chi connectivity index (χ2v) is 10.5. The van der Waals surface area contributed by atoms with Crippen LogP contribution in [0.4, 0.5) is 16.2 Å². The lowest BCUT2D eigenvalue weighted by Gasteiger charge is -2.24. The zero-order chi connectivity index (χ0) is 24.3. The SMILES string of the molecule is CN(C)CCNC(=O)N1CCc2cc(N(CC(=O)O)S(=O)(=O)c3cc(Cl)cc(Cl)c3)ccc21. The number of urea groups is 1. The zero-order valence-electron chi connectivity index (χ0n) is 18.1. The molecule has 1 aliphatic heterocycles. The lowest BCUT2D eigenvalue weighted by Crippen LogP contribution is -2.41. The molecule has 1 aliphatic rings. The molecule has 3 rings (SSSR count). The number of rotatable bonds is 8. The number of anilines is 2. The van der Waals surface area contributed by atoms with Gasteiger partial charge in [0, 0.05) is 35.4 Å². The Bertz CT molecular complexity index is 1150. The second-order valence-electron chi connectivity index (χ2n) is 7.76. The van der Waals surface area contributed by atoms with Crippen LogP contribution in [0.5, 0.6) is 0 Å². The number of aliphatic carboxylic acids is 1. The van der Waals surface area contributed by atoms with Gasteiger partial charge >= 0.3 is 12.0 Å². The summed E-state index contributed by atoms with van der Waals surface area (Å²) in [5.74, 6) is -1.32. The standard InChI is InChI=1S/C21H24Cl2N4O5S/c1-25(2)8-6-24-21(30)26-7-5-14-9-17(3-4-19(14)26)27(13-20(28)29)33(31,32)18-11-15(22)10-16(23)12-18/h3-4,9-12H,5-8,13H2,1-2H3,(H,24,30)(H,28,29). The lowest BCUT2D eigenvalue weighted by molar-refractivity contribution is -0.135. The molecule has 2 amide bonds. The monoisotopic (exact) mass is 514 g/mol. The molecule has 0 spiro atoms. The summed E-state index contributed by atoms with van der Waals surface area (Å²) in [5.41, 5.74) is 1.56. The van der Waals surface area contributed by atoms with Gasteiger partial charge in [0.25, 0.3) is 10.0 Å². The Hall–Kier alpha value is -2.53. The molecule has 178 valence electrons. The van der Waals surface area contributed by atoms with Gasteiger partial charge in [-0.3, -0.25) is 14.0 Å². The van der Waals surface area contributed by atoms with Crippen molar-refractivity contribution in [2.45, 2.75) is 11.3 Å². The van der Waals surface area contributed by atoms with Crippen molar-refractivity contribution in [3.05, 3.63) is 52.0 Å². The number of likely N-dealkylation sites (N-methyl/N-ethyl adjacent to an activating group) is 1. The number of carbonyl (C=O) groups excluding carboxylic acids is 1. The molecule has 9 nitrogen and oxygen atoms in total. The van der Waals surface area contributed by atoms with Gasteiger partial charge in [-0.15, -0.1) is 0 Å². The van der Waals surface area contributed by atoms with Gasteiger partial charge in [-0.05, 0) is 62.5 Å². The number of nitrogens with zero attached hydrogens (tertiary/aromatic N) is 3. The van der Waals surface area contributed by atoms with E-state index in [2.05, 4.69) is 5.32 Å². The summed E-state index contributed by atoms with van der Waals surface area (Å²) in [6.45, 7) is 0.825. The fourth-order valence-electron chi connectivity index (χ4n) is 3.48. The van der Waals surface area contributed by atoms with Crippen LogP contribution in [0.3, 0.4) is 0 Å². The average molecular weight is 515 g/mol. The molecule has 0 aromatic heterocycles. The first-order chi connectivity index (χ1) is 15.5. The summed E-state index contributed by atoms with van der Waals surface area (Å²) in [6, 6.07) is 8.27. The van der Waals surface area contributed by atoms with Crippen molar-refractivity contribution in [1.29, 1.82) is 0 Å². The van der Waals surface area contributed by atoms with E-state index in [-0.39, 0.29) is 26.7 Å². The zero-order valence-corrected chi connectivity index (χ0v) is 20.4. The van der Waals surface area contributed by atoms with Gasteiger partial charge in [0.05, 0.1) is 10.6 Å². The quantitative estimate of drug-likeness (QED) is 0.560. The molecule has 0 fully saturated rings. The Labute approximate surface area is 202 Å². The van der Waals surface area contributed by atoms with Crippen LogP contribution in [0.1, 0.15) is 5.56 Å². The van der Waals surface area contributed by atoms with Crippen LogP contribution in [0.2, 0.25) is 10.0 Å². The number of sulfonamides is 1. The molecule has 0 radical (unpaired) electrons. The first-order valence-corrected chi connectivity index (χ1v) is 12.2. The molecule has 0 unspecified atom stereocenters. The van der Waals surface area contributed by atoms with Crippen LogP contribution >= 0.6 is 23.2 Å². The van der Waals surface area contributed by atoms with Crippen LogP contribution in [0, 0.1) is 0 Å². The van der Waals surface area contributed by atoms with Crippen LogP contribution in [0.25, 0.3) is 0 Å².